The summed E-state index contributed by atoms with van der Waals surface area (Å²) in [6.07, 6.45) is 0. The Hall–Kier alpha value is -0.930. The molecule has 1 aliphatic rings. The van der Waals surface area contributed by atoms with Crippen LogP contribution in [0.3, 0.4) is 0 Å². The molecule has 1 N–H and O–H groups in total. The predicted molar refractivity (Wildman–Crippen MR) is 61.5 cm³/mol. The first-order chi connectivity index (χ1) is 7.43. The molecule has 1 aliphatic heterocycles. The Morgan fingerprint density at radius 3 is 2.50 bits per heavy atom. The summed E-state index contributed by atoms with van der Waals surface area (Å²) in [7, 11) is 0. The minimum absolute atomic E-state index is 0.102. The van der Waals surface area contributed by atoms with Crippen LogP contribution < -0.4 is 5.32 Å². The maximum absolute atomic E-state index is 13.7. The molecule has 1 unspecified atom stereocenters. The highest BCUT2D eigenvalue weighted by Gasteiger charge is 2.37. The standard InChI is InChI=1S/C13H18FNO/c1-12(2)8-15-13(3,16-9-12)10-6-4-5-7-11(10)14/h4-7,15H,8-9H2,1-3H3. The van der Waals surface area contributed by atoms with Gasteiger partial charge in [0, 0.05) is 17.5 Å². The van der Waals surface area contributed by atoms with Crippen molar-refractivity contribution in [3.05, 3.63) is 35.6 Å². The summed E-state index contributed by atoms with van der Waals surface area (Å²) in [5, 5.41) is 3.28. The third-order valence-corrected chi connectivity index (χ3v) is 3.04. The van der Waals surface area contributed by atoms with E-state index in [-0.39, 0.29) is 11.2 Å². The molecule has 88 valence electrons. The summed E-state index contributed by atoms with van der Waals surface area (Å²) >= 11 is 0. The van der Waals surface area contributed by atoms with E-state index in [1.165, 1.54) is 6.07 Å². The van der Waals surface area contributed by atoms with E-state index < -0.39 is 5.72 Å². The van der Waals surface area contributed by atoms with Crippen LogP contribution in [0.1, 0.15) is 26.3 Å². The van der Waals surface area contributed by atoms with E-state index >= 15 is 0 Å². The molecule has 0 bridgehead atoms. The quantitative estimate of drug-likeness (QED) is 0.790. The molecule has 2 rings (SSSR count). The molecular formula is C13H18FNO. The van der Waals surface area contributed by atoms with Crippen LogP contribution in [0.25, 0.3) is 0 Å². The van der Waals surface area contributed by atoms with Gasteiger partial charge in [0.05, 0.1) is 6.61 Å². The lowest BCUT2D eigenvalue weighted by Gasteiger charge is -2.42. The van der Waals surface area contributed by atoms with Crippen molar-refractivity contribution in [2.45, 2.75) is 26.5 Å². The van der Waals surface area contributed by atoms with E-state index in [0.717, 1.165) is 6.54 Å². The van der Waals surface area contributed by atoms with Gasteiger partial charge >= 0.3 is 0 Å². The first kappa shape index (κ1) is 11.6. The summed E-state index contributed by atoms with van der Waals surface area (Å²) < 4.78 is 19.5. The predicted octanol–water partition coefficient (Wildman–Crippen LogP) is 2.64. The summed E-state index contributed by atoms with van der Waals surface area (Å²) in [5.41, 5.74) is -0.0310. The smallest absolute Gasteiger partial charge is 0.145 e. The van der Waals surface area contributed by atoms with Crippen molar-refractivity contribution >= 4 is 0 Å². The van der Waals surface area contributed by atoms with Crippen LogP contribution in [0, 0.1) is 11.2 Å². The van der Waals surface area contributed by atoms with Gasteiger partial charge in [-0.15, -0.1) is 0 Å². The van der Waals surface area contributed by atoms with Crippen LogP contribution in [-0.4, -0.2) is 13.2 Å². The molecule has 0 amide bonds. The van der Waals surface area contributed by atoms with Gasteiger partial charge in [-0.1, -0.05) is 32.0 Å². The van der Waals surface area contributed by atoms with Crippen molar-refractivity contribution in [3.63, 3.8) is 0 Å². The second-order valence-electron chi connectivity index (χ2n) is 5.32. The Kier molecular flexibility index (Phi) is 2.76. The molecule has 0 aliphatic carbocycles. The Morgan fingerprint density at radius 2 is 1.94 bits per heavy atom. The Morgan fingerprint density at radius 1 is 1.25 bits per heavy atom. The molecule has 0 saturated carbocycles. The maximum Gasteiger partial charge on any atom is 0.145 e. The number of hydrogen-bond donors (Lipinski definition) is 1. The van der Waals surface area contributed by atoms with Gasteiger partial charge in [0.2, 0.25) is 0 Å². The molecule has 3 heteroatoms. The molecular weight excluding hydrogens is 205 g/mol. The van der Waals surface area contributed by atoms with Crippen LogP contribution in [0.2, 0.25) is 0 Å². The summed E-state index contributed by atoms with van der Waals surface area (Å²) in [4.78, 5) is 0. The topological polar surface area (TPSA) is 21.3 Å². The normalized spacial score (nSPS) is 29.0. The van der Waals surface area contributed by atoms with Crippen molar-refractivity contribution in [1.82, 2.24) is 5.32 Å². The van der Waals surface area contributed by atoms with Crippen molar-refractivity contribution in [3.8, 4) is 0 Å². The van der Waals surface area contributed by atoms with Gasteiger partial charge in [-0.05, 0) is 13.0 Å². The molecule has 0 aromatic heterocycles. The summed E-state index contributed by atoms with van der Waals surface area (Å²) in [6.45, 7) is 7.57. The summed E-state index contributed by atoms with van der Waals surface area (Å²) in [5.74, 6) is -0.225. The molecule has 16 heavy (non-hydrogen) atoms. The lowest BCUT2D eigenvalue weighted by Crippen LogP contribution is -2.54. The number of hydrogen-bond acceptors (Lipinski definition) is 2. The molecule has 1 atom stereocenters. The maximum atomic E-state index is 13.7. The number of ether oxygens (including phenoxy) is 1. The zero-order valence-corrected chi connectivity index (χ0v) is 10.0. The van der Waals surface area contributed by atoms with Gasteiger partial charge in [0.25, 0.3) is 0 Å². The second-order valence-corrected chi connectivity index (χ2v) is 5.32. The molecule has 0 radical (unpaired) electrons. The van der Waals surface area contributed by atoms with Crippen LogP contribution in [0.4, 0.5) is 4.39 Å². The highest BCUT2D eigenvalue weighted by atomic mass is 19.1. The average molecular weight is 223 g/mol. The second kappa shape index (κ2) is 3.82. The van der Waals surface area contributed by atoms with E-state index in [1.54, 1.807) is 12.1 Å². The monoisotopic (exact) mass is 223 g/mol. The van der Waals surface area contributed by atoms with E-state index in [9.17, 15) is 4.39 Å². The first-order valence-electron chi connectivity index (χ1n) is 5.57. The lowest BCUT2D eigenvalue weighted by molar-refractivity contribution is -0.133. The van der Waals surface area contributed by atoms with Crippen LogP contribution in [0.5, 0.6) is 0 Å². The zero-order chi connectivity index (χ0) is 11.8. The van der Waals surface area contributed by atoms with E-state index in [1.807, 2.05) is 13.0 Å². The third-order valence-electron chi connectivity index (χ3n) is 3.04. The van der Waals surface area contributed by atoms with Crippen LogP contribution >= 0.6 is 0 Å². The zero-order valence-electron chi connectivity index (χ0n) is 10.0. The van der Waals surface area contributed by atoms with Gasteiger partial charge in [0.15, 0.2) is 0 Å². The van der Waals surface area contributed by atoms with Gasteiger partial charge < -0.3 is 4.74 Å². The molecule has 2 nitrogen and oxygen atoms in total. The largest absolute Gasteiger partial charge is 0.356 e. The Balaban J connectivity index is 2.25. The molecule has 1 heterocycles. The van der Waals surface area contributed by atoms with Crippen molar-refractivity contribution in [2.75, 3.05) is 13.2 Å². The fourth-order valence-electron chi connectivity index (χ4n) is 1.87. The van der Waals surface area contributed by atoms with E-state index in [0.29, 0.717) is 12.2 Å². The minimum Gasteiger partial charge on any atom is -0.356 e. The van der Waals surface area contributed by atoms with Gasteiger partial charge in [-0.3, -0.25) is 5.32 Å². The van der Waals surface area contributed by atoms with E-state index in [2.05, 4.69) is 19.2 Å². The molecule has 1 fully saturated rings. The fraction of sp³-hybridized carbons (Fsp3) is 0.538. The minimum atomic E-state index is -0.707. The lowest BCUT2D eigenvalue weighted by atomic mass is 9.90. The SMILES string of the molecule is CC1(C)CNC(C)(c2ccccc2F)OC1. The van der Waals surface area contributed by atoms with Crippen molar-refractivity contribution in [1.29, 1.82) is 0 Å². The van der Waals surface area contributed by atoms with Gasteiger partial charge in [-0.25, -0.2) is 4.39 Å². The third kappa shape index (κ3) is 2.11. The number of halogens is 1. The van der Waals surface area contributed by atoms with Crippen molar-refractivity contribution in [2.24, 2.45) is 5.41 Å². The van der Waals surface area contributed by atoms with Crippen LogP contribution in [0.15, 0.2) is 24.3 Å². The number of nitrogens with one attached hydrogen (secondary N) is 1. The van der Waals surface area contributed by atoms with Crippen LogP contribution in [-0.2, 0) is 10.5 Å². The number of rotatable bonds is 1. The molecule has 0 spiro atoms. The molecule has 1 aromatic rings. The molecule has 1 saturated heterocycles. The first-order valence-corrected chi connectivity index (χ1v) is 5.57. The van der Waals surface area contributed by atoms with E-state index in [4.69, 9.17) is 4.74 Å². The fourth-order valence-corrected chi connectivity index (χ4v) is 1.87. The molecule has 1 aromatic carbocycles. The average Bonchev–Trinajstić information content (AvgIpc) is 2.24. The van der Waals surface area contributed by atoms with Crippen molar-refractivity contribution < 1.29 is 9.13 Å². The number of benzene rings is 1. The van der Waals surface area contributed by atoms with Gasteiger partial charge in [0.1, 0.15) is 11.5 Å². The summed E-state index contributed by atoms with van der Waals surface area (Å²) in [6, 6.07) is 6.75. The highest BCUT2D eigenvalue weighted by molar-refractivity contribution is 5.23. The Labute approximate surface area is 95.8 Å². The van der Waals surface area contributed by atoms with Gasteiger partial charge in [-0.2, -0.15) is 0 Å². The highest BCUT2D eigenvalue weighted by Crippen LogP contribution is 2.32. The Bertz CT molecular complexity index is 379.